The molecule has 1 heterocycles. The first kappa shape index (κ1) is 10.8. The number of nitrogens with zero attached hydrogens (tertiary/aromatic N) is 1. The van der Waals surface area contributed by atoms with Crippen molar-refractivity contribution in [3.05, 3.63) is 0 Å². The molecule has 1 fully saturated rings. The van der Waals surface area contributed by atoms with Gasteiger partial charge < -0.3 is 15.3 Å². The number of hydrogen-bond acceptors (Lipinski definition) is 2. The topological polar surface area (TPSA) is 69.6 Å². The molecule has 1 rings (SSSR count). The van der Waals surface area contributed by atoms with Crippen LogP contribution in [0.5, 0.6) is 0 Å². The molecule has 80 valence electrons. The fourth-order valence-corrected chi connectivity index (χ4v) is 1.59. The number of urea groups is 1. The fraction of sp³-hybridized carbons (Fsp3) is 0.778. The van der Waals surface area contributed by atoms with Crippen molar-refractivity contribution >= 4 is 12.0 Å². The van der Waals surface area contributed by atoms with E-state index >= 15 is 0 Å². The smallest absolute Gasteiger partial charge is 0.317 e. The van der Waals surface area contributed by atoms with E-state index in [0.29, 0.717) is 6.54 Å². The van der Waals surface area contributed by atoms with Gasteiger partial charge in [0, 0.05) is 26.1 Å². The standard InChI is InChI=1S/C9H16N2O3/c1-7(5-8(12)13)6-11-4-2-3-10-9(11)14/h7H,2-6H2,1H3,(H,10,14)(H,12,13). The minimum Gasteiger partial charge on any atom is -0.481 e. The van der Waals surface area contributed by atoms with Gasteiger partial charge in [-0.15, -0.1) is 0 Å². The Bertz CT molecular complexity index is 230. The SMILES string of the molecule is CC(CC(=O)O)CN1CCCNC1=O. The molecule has 1 saturated heterocycles. The molecule has 2 N–H and O–H groups in total. The van der Waals surface area contributed by atoms with Crippen LogP contribution in [0.25, 0.3) is 0 Å². The van der Waals surface area contributed by atoms with E-state index in [2.05, 4.69) is 5.32 Å². The van der Waals surface area contributed by atoms with E-state index in [0.717, 1.165) is 19.5 Å². The highest BCUT2D eigenvalue weighted by Gasteiger charge is 2.20. The van der Waals surface area contributed by atoms with Gasteiger partial charge in [-0.3, -0.25) is 4.79 Å². The Morgan fingerprint density at radius 2 is 2.43 bits per heavy atom. The zero-order valence-corrected chi connectivity index (χ0v) is 8.32. The first-order valence-electron chi connectivity index (χ1n) is 4.84. The molecule has 5 heteroatoms. The molecular weight excluding hydrogens is 184 g/mol. The predicted octanol–water partition coefficient (Wildman–Crippen LogP) is 0.512. The Morgan fingerprint density at radius 1 is 1.71 bits per heavy atom. The second kappa shape index (κ2) is 4.83. The molecular formula is C9H16N2O3. The lowest BCUT2D eigenvalue weighted by Crippen LogP contribution is -2.48. The van der Waals surface area contributed by atoms with Gasteiger partial charge >= 0.3 is 12.0 Å². The predicted molar refractivity (Wildman–Crippen MR) is 51.0 cm³/mol. The molecule has 1 aliphatic heterocycles. The molecule has 1 aliphatic rings. The van der Waals surface area contributed by atoms with Crippen LogP contribution in [-0.2, 0) is 4.79 Å². The van der Waals surface area contributed by atoms with Crippen molar-refractivity contribution in [3.8, 4) is 0 Å². The van der Waals surface area contributed by atoms with Gasteiger partial charge in [-0.1, -0.05) is 6.92 Å². The number of carboxylic acid groups (broad SMARTS) is 1. The quantitative estimate of drug-likeness (QED) is 0.694. The molecule has 0 aromatic carbocycles. The second-order valence-electron chi connectivity index (χ2n) is 3.73. The maximum Gasteiger partial charge on any atom is 0.317 e. The van der Waals surface area contributed by atoms with Gasteiger partial charge in [0.25, 0.3) is 0 Å². The van der Waals surface area contributed by atoms with Crippen LogP contribution >= 0.6 is 0 Å². The largest absolute Gasteiger partial charge is 0.481 e. The highest BCUT2D eigenvalue weighted by Crippen LogP contribution is 2.07. The molecule has 0 spiro atoms. The lowest BCUT2D eigenvalue weighted by Gasteiger charge is -2.29. The number of aliphatic carboxylic acids is 1. The summed E-state index contributed by atoms with van der Waals surface area (Å²) < 4.78 is 0. The third-order valence-electron chi connectivity index (χ3n) is 2.22. The van der Waals surface area contributed by atoms with Gasteiger partial charge in [-0.25, -0.2) is 4.79 Å². The molecule has 5 nitrogen and oxygen atoms in total. The van der Waals surface area contributed by atoms with Gasteiger partial charge in [0.05, 0.1) is 0 Å². The van der Waals surface area contributed by atoms with Crippen LogP contribution < -0.4 is 5.32 Å². The molecule has 0 aromatic rings. The van der Waals surface area contributed by atoms with E-state index in [4.69, 9.17) is 5.11 Å². The van der Waals surface area contributed by atoms with E-state index in [1.807, 2.05) is 6.92 Å². The number of carboxylic acids is 1. The number of nitrogens with one attached hydrogen (secondary N) is 1. The van der Waals surface area contributed by atoms with Crippen LogP contribution in [0.15, 0.2) is 0 Å². The Hall–Kier alpha value is -1.26. The normalized spacial score (nSPS) is 18.9. The van der Waals surface area contributed by atoms with Crippen molar-refractivity contribution in [1.29, 1.82) is 0 Å². The van der Waals surface area contributed by atoms with E-state index in [-0.39, 0.29) is 18.4 Å². The zero-order chi connectivity index (χ0) is 10.6. The molecule has 14 heavy (non-hydrogen) atoms. The molecule has 0 aromatic heterocycles. The number of rotatable bonds is 4. The van der Waals surface area contributed by atoms with E-state index in [9.17, 15) is 9.59 Å². The summed E-state index contributed by atoms with van der Waals surface area (Å²) in [5.74, 6) is -0.800. The van der Waals surface area contributed by atoms with Crippen LogP contribution in [0.2, 0.25) is 0 Å². The van der Waals surface area contributed by atoms with Crippen LogP contribution in [-0.4, -0.2) is 41.6 Å². The molecule has 0 radical (unpaired) electrons. The first-order valence-corrected chi connectivity index (χ1v) is 4.84. The van der Waals surface area contributed by atoms with Crippen molar-refractivity contribution in [2.45, 2.75) is 19.8 Å². The van der Waals surface area contributed by atoms with Crippen molar-refractivity contribution < 1.29 is 14.7 Å². The molecule has 0 aliphatic carbocycles. The molecule has 0 bridgehead atoms. The maximum absolute atomic E-state index is 11.3. The molecule has 0 saturated carbocycles. The number of carbonyl (C=O) groups excluding carboxylic acids is 1. The Labute approximate surface area is 83.1 Å². The van der Waals surface area contributed by atoms with Crippen LogP contribution in [0.1, 0.15) is 19.8 Å². The minimum atomic E-state index is -0.810. The summed E-state index contributed by atoms with van der Waals surface area (Å²) in [4.78, 5) is 23.4. The highest BCUT2D eigenvalue weighted by molar-refractivity contribution is 5.75. The summed E-state index contributed by atoms with van der Waals surface area (Å²) in [7, 11) is 0. The van der Waals surface area contributed by atoms with Crippen LogP contribution in [0.3, 0.4) is 0 Å². The number of carbonyl (C=O) groups is 2. The molecule has 1 atom stereocenters. The van der Waals surface area contributed by atoms with Crippen molar-refractivity contribution in [2.75, 3.05) is 19.6 Å². The second-order valence-corrected chi connectivity index (χ2v) is 3.73. The van der Waals surface area contributed by atoms with E-state index < -0.39 is 5.97 Å². The Kier molecular flexibility index (Phi) is 3.73. The van der Waals surface area contributed by atoms with Crippen LogP contribution in [0.4, 0.5) is 4.79 Å². The first-order chi connectivity index (χ1) is 6.59. The summed E-state index contributed by atoms with van der Waals surface area (Å²) in [5, 5.41) is 11.3. The summed E-state index contributed by atoms with van der Waals surface area (Å²) in [6.07, 6.45) is 1.05. The summed E-state index contributed by atoms with van der Waals surface area (Å²) >= 11 is 0. The summed E-state index contributed by atoms with van der Waals surface area (Å²) in [5.41, 5.74) is 0. The minimum absolute atomic E-state index is 0.0105. The molecule has 1 unspecified atom stereocenters. The number of amides is 2. The van der Waals surface area contributed by atoms with Crippen molar-refractivity contribution in [1.82, 2.24) is 10.2 Å². The van der Waals surface area contributed by atoms with Gasteiger partial charge in [-0.2, -0.15) is 0 Å². The van der Waals surface area contributed by atoms with E-state index in [1.54, 1.807) is 4.90 Å². The fourth-order valence-electron chi connectivity index (χ4n) is 1.59. The van der Waals surface area contributed by atoms with Crippen LogP contribution in [0, 0.1) is 5.92 Å². The van der Waals surface area contributed by atoms with Gasteiger partial charge in [0.2, 0.25) is 0 Å². The monoisotopic (exact) mass is 200 g/mol. The number of hydrogen-bond donors (Lipinski definition) is 2. The third-order valence-corrected chi connectivity index (χ3v) is 2.22. The lowest BCUT2D eigenvalue weighted by molar-refractivity contribution is -0.138. The molecule has 2 amide bonds. The Morgan fingerprint density at radius 3 is 3.00 bits per heavy atom. The maximum atomic E-state index is 11.3. The zero-order valence-electron chi connectivity index (χ0n) is 8.32. The summed E-state index contributed by atoms with van der Waals surface area (Å²) in [6.45, 7) is 3.83. The van der Waals surface area contributed by atoms with Gasteiger partial charge in [0.15, 0.2) is 0 Å². The van der Waals surface area contributed by atoms with Gasteiger partial charge in [0.1, 0.15) is 0 Å². The van der Waals surface area contributed by atoms with Crippen molar-refractivity contribution in [3.63, 3.8) is 0 Å². The highest BCUT2D eigenvalue weighted by atomic mass is 16.4. The van der Waals surface area contributed by atoms with E-state index in [1.165, 1.54) is 0 Å². The van der Waals surface area contributed by atoms with Crippen molar-refractivity contribution in [2.24, 2.45) is 5.92 Å². The van der Waals surface area contributed by atoms with Gasteiger partial charge in [-0.05, 0) is 12.3 Å². The lowest BCUT2D eigenvalue weighted by atomic mass is 10.1. The summed E-state index contributed by atoms with van der Waals surface area (Å²) in [6, 6.07) is -0.0755. The average Bonchev–Trinajstić information content (AvgIpc) is 2.07. The Balaban J connectivity index is 2.34. The average molecular weight is 200 g/mol. The third kappa shape index (κ3) is 3.24.